The Balaban J connectivity index is 1.89. The predicted molar refractivity (Wildman–Crippen MR) is 147 cm³/mol. The van der Waals surface area contributed by atoms with Crippen LogP contribution in [0.2, 0.25) is 10.0 Å². The Morgan fingerprint density at radius 1 is 0.854 bits per heavy atom. The van der Waals surface area contributed by atoms with Crippen molar-refractivity contribution in [2.24, 2.45) is 0 Å². The molecule has 2 aromatic heterocycles. The van der Waals surface area contributed by atoms with Crippen LogP contribution in [0.25, 0.3) is 34.2 Å². The number of carbonyl (C=O) groups is 2. The monoisotopic (exact) mass is 603 g/mol. The highest BCUT2D eigenvalue weighted by atomic mass is 35.5. The van der Waals surface area contributed by atoms with Gasteiger partial charge in [0.1, 0.15) is 34.1 Å². The van der Waals surface area contributed by atoms with E-state index in [1.54, 1.807) is 25.2 Å². The first-order chi connectivity index (χ1) is 19.6. The van der Waals surface area contributed by atoms with Crippen molar-refractivity contribution >= 4 is 46.8 Å². The summed E-state index contributed by atoms with van der Waals surface area (Å²) in [7, 11) is 5.68. The van der Waals surface area contributed by atoms with Gasteiger partial charge in [0.05, 0.1) is 35.4 Å². The molecule has 4 aromatic rings. The maximum Gasteiger partial charge on any atom is 0.344 e. The number of hydrogen-bond donors (Lipinski definition) is 0. The maximum atomic E-state index is 14.8. The lowest BCUT2D eigenvalue weighted by Crippen LogP contribution is -2.07. The molecule has 41 heavy (non-hydrogen) atoms. The van der Waals surface area contributed by atoms with Crippen molar-refractivity contribution in [3.63, 3.8) is 0 Å². The Morgan fingerprint density at radius 3 is 1.88 bits per heavy atom. The second-order valence-corrected chi connectivity index (χ2v) is 9.38. The van der Waals surface area contributed by atoms with Crippen LogP contribution in [-0.2, 0) is 9.47 Å². The summed E-state index contributed by atoms with van der Waals surface area (Å²) >= 11 is 12.4. The average molecular weight is 604 g/mol. The van der Waals surface area contributed by atoms with Gasteiger partial charge in [0.25, 0.3) is 0 Å². The molecule has 0 bridgehead atoms. The van der Waals surface area contributed by atoms with Gasteiger partial charge in [0.2, 0.25) is 0 Å². The molecule has 0 aliphatic rings. The van der Waals surface area contributed by atoms with Gasteiger partial charge >= 0.3 is 11.9 Å². The Morgan fingerprint density at radius 2 is 1.37 bits per heavy atom. The van der Waals surface area contributed by atoms with Crippen LogP contribution >= 0.6 is 23.2 Å². The predicted octanol–water partition coefficient (Wildman–Crippen LogP) is 6.77. The van der Waals surface area contributed by atoms with E-state index in [2.05, 4.69) is 10.3 Å². The first-order valence-corrected chi connectivity index (χ1v) is 12.5. The normalized spacial score (nSPS) is 11.7. The van der Waals surface area contributed by atoms with Crippen molar-refractivity contribution in [2.45, 2.75) is 0 Å². The second-order valence-electron chi connectivity index (χ2n) is 8.56. The van der Waals surface area contributed by atoms with Crippen LogP contribution < -0.4 is 0 Å². The third kappa shape index (κ3) is 5.86. The summed E-state index contributed by atoms with van der Waals surface area (Å²) in [6, 6.07) is 7.98. The van der Waals surface area contributed by atoms with E-state index in [0.29, 0.717) is 0 Å². The number of hydrogen-bond acceptors (Lipinski definition) is 9. The number of allylic oxidation sites excluding steroid dienone is 2. The smallest absolute Gasteiger partial charge is 0.344 e. The van der Waals surface area contributed by atoms with Gasteiger partial charge in [-0.05, 0) is 36.4 Å². The number of halogens is 4. The van der Waals surface area contributed by atoms with E-state index >= 15 is 0 Å². The molecule has 2 aromatic carbocycles. The second kappa shape index (κ2) is 12.4. The summed E-state index contributed by atoms with van der Waals surface area (Å²) in [4.78, 5) is 27.3. The third-order valence-corrected chi connectivity index (χ3v) is 6.29. The fourth-order valence-corrected chi connectivity index (χ4v) is 4.41. The number of benzene rings is 2. The van der Waals surface area contributed by atoms with Crippen molar-refractivity contribution in [1.82, 2.24) is 15.2 Å². The van der Waals surface area contributed by atoms with E-state index in [-0.39, 0.29) is 60.8 Å². The molecular formula is C28H21Cl2F2N3O6. The van der Waals surface area contributed by atoms with Crippen LogP contribution in [0.5, 0.6) is 0 Å². The zero-order valence-corrected chi connectivity index (χ0v) is 23.5. The van der Waals surface area contributed by atoms with Crippen molar-refractivity contribution < 1.29 is 36.9 Å². The first-order valence-electron chi connectivity index (χ1n) is 11.7. The van der Waals surface area contributed by atoms with Gasteiger partial charge in [-0.3, -0.25) is 0 Å². The molecular weight excluding hydrogens is 583 g/mol. The molecule has 13 heteroatoms. The van der Waals surface area contributed by atoms with Gasteiger partial charge in [0.15, 0.2) is 11.5 Å². The largest absolute Gasteiger partial charge is 0.465 e. The van der Waals surface area contributed by atoms with Crippen molar-refractivity contribution in [1.29, 1.82) is 0 Å². The molecule has 0 N–H and O–H groups in total. The lowest BCUT2D eigenvalue weighted by Gasteiger charge is -2.09. The third-order valence-electron chi connectivity index (χ3n) is 5.66. The molecule has 9 nitrogen and oxygen atoms in total. The molecule has 2 heterocycles. The van der Waals surface area contributed by atoms with E-state index in [9.17, 15) is 18.4 Å². The summed E-state index contributed by atoms with van der Waals surface area (Å²) in [5.41, 5.74) is -0.863. The molecule has 0 spiro atoms. The average Bonchev–Trinajstić information content (AvgIpc) is 3.55. The zero-order chi connectivity index (χ0) is 29.8. The van der Waals surface area contributed by atoms with Crippen molar-refractivity contribution in [3.8, 4) is 22.5 Å². The fourth-order valence-electron chi connectivity index (χ4n) is 3.90. The summed E-state index contributed by atoms with van der Waals surface area (Å²) in [6.45, 7) is 0. The van der Waals surface area contributed by atoms with E-state index < -0.39 is 23.6 Å². The maximum absolute atomic E-state index is 14.8. The minimum Gasteiger partial charge on any atom is -0.465 e. The number of nitrogens with zero attached hydrogens (tertiary/aromatic N) is 3. The van der Waals surface area contributed by atoms with Gasteiger partial charge in [-0.15, -0.1) is 0 Å². The Bertz CT molecular complexity index is 1650. The lowest BCUT2D eigenvalue weighted by molar-refractivity contribution is 0.0591. The summed E-state index contributed by atoms with van der Waals surface area (Å²) in [6.07, 6.45) is 4.30. The Hall–Kier alpha value is -4.48. The molecule has 0 atom stereocenters. The lowest BCUT2D eigenvalue weighted by atomic mass is 10.0. The molecule has 212 valence electrons. The Kier molecular flexibility index (Phi) is 8.89. The van der Waals surface area contributed by atoms with Crippen molar-refractivity contribution in [2.75, 3.05) is 28.3 Å². The van der Waals surface area contributed by atoms with E-state index in [4.69, 9.17) is 41.7 Å². The Labute approximate surface area is 242 Å². The number of aromatic nitrogens is 2. The molecule has 0 radical (unpaired) electrons. The number of ether oxygens (including phenoxy) is 2. The van der Waals surface area contributed by atoms with Gasteiger partial charge < -0.3 is 23.4 Å². The van der Waals surface area contributed by atoms with Crippen LogP contribution in [0, 0.1) is 11.6 Å². The summed E-state index contributed by atoms with van der Waals surface area (Å²) in [5, 5.41) is 7.78. The number of esters is 2. The van der Waals surface area contributed by atoms with Crippen LogP contribution in [0.1, 0.15) is 32.2 Å². The molecule has 0 amide bonds. The zero-order valence-electron chi connectivity index (χ0n) is 22.0. The topological polar surface area (TPSA) is 108 Å². The number of methoxy groups -OCH3 is 2. The molecule has 0 saturated heterocycles. The minimum absolute atomic E-state index is 0.00381. The van der Waals surface area contributed by atoms with Gasteiger partial charge in [-0.2, -0.15) is 0 Å². The number of carbonyl (C=O) groups excluding carboxylic acids is 2. The summed E-state index contributed by atoms with van der Waals surface area (Å²) in [5.74, 6) is -3.44. The molecule has 0 unspecified atom stereocenters. The van der Waals surface area contributed by atoms with Gasteiger partial charge in [0, 0.05) is 25.9 Å². The molecule has 4 rings (SSSR count). The van der Waals surface area contributed by atoms with Crippen LogP contribution in [0.15, 0.2) is 57.7 Å². The molecule has 0 aliphatic heterocycles. The highest BCUT2D eigenvalue weighted by Crippen LogP contribution is 2.38. The highest BCUT2D eigenvalue weighted by Gasteiger charge is 2.30. The number of rotatable bonds is 8. The quantitative estimate of drug-likeness (QED) is 0.159. The fraction of sp³-hybridized carbons (Fsp3) is 0.143. The highest BCUT2D eigenvalue weighted by molar-refractivity contribution is 6.34. The van der Waals surface area contributed by atoms with Crippen LogP contribution in [0.3, 0.4) is 0 Å². The molecule has 0 fully saturated rings. The standard InChI is InChI=1S/C28H21Cl2F2N3O6/c1-35(2)13-14(26-23(28(37)39-4)25(34-41-26)21-16(30)8-6-10-18(21)32)11-12-19-22(27(36)38-3)24(33-40-19)20-15(29)7-5-9-17(20)31/h5-13H,1-4H3/b12-11+,14-13+. The van der Waals surface area contributed by atoms with Crippen LogP contribution in [-0.4, -0.2) is 55.5 Å². The summed E-state index contributed by atoms with van der Waals surface area (Å²) < 4.78 is 50.1. The van der Waals surface area contributed by atoms with E-state index in [1.807, 2.05) is 0 Å². The van der Waals surface area contributed by atoms with E-state index in [1.165, 1.54) is 36.4 Å². The SMILES string of the molecule is COC(=O)c1c(-c2c(F)cccc2Cl)noc1/C=C/C(=C\N(C)C)c1onc(-c2c(F)cccc2Cl)c1C(=O)OC. The minimum atomic E-state index is -0.875. The molecule has 0 saturated carbocycles. The van der Waals surface area contributed by atoms with E-state index in [0.717, 1.165) is 26.4 Å². The van der Waals surface area contributed by atoms with Gasteiger partial charge in [-0.1, -0.05) is 45.6 Å². The molecule has 0 aliphatic carbocycles. The van der Waals surface area contributed by atoms with Crippen molar-refractivity contribution in [3.05, 3.63) is 93.0 Å². The van der Waals surface area contributed by atoms with Gasteiger partial charge in [-0.25, -0.2) is 18.4 Å². The first kappa shape index (κ1) is 29.5. The van der Waals surface area contributed by atoms with Crippen LogP contribution in [0.4, 0.5) is 8.78 Å².